The summed E-state index contributed by atoms with van der Waals surface area (Å²) >= 11 is 0. The molecule has 2 N–H and O–H groups in total. The number of aromatic nitrogens is 1. The lowest BCUT2D eigenvalue weighted by Crippen LogP contribution is -2.27. The fraction of sp³-hybridized carbons (Fsp3) is 0.500. The van der Waals surface area contributed by atoms with Crippen LogP contribution < -0.4 is 10.9 Å². The molecule has 0 spiro atoms. The van der Waals surface area contributed by atoms with Gasteiger partial charge in [-0.3, -0.25) is 9.59 Å². The number of amides is 1. The van der Waals surface area contributed by atoms with Crippen molar-refractivity contribution in [3.05, 3.63) is 21.7 Å². The number of nitrogens with one attached hydrogen (secondary N) is 2. The first-order valence-electron chi connectivity index (χ1n) is 3.97. The highest BCUT2D eigenvalue weighted by atomic mass is 16.5. The van der Waals surface area contributed by atoms with Crippen molar-refractivity contribution < 1.29 is 9.32 Å². The van der Waals surface area contributed by atoms with E-state index >= 15 is 0 Å². The molecule has 13 heavy (non-hydrogen) atoms. The van der Waals surface area contributed by atoms with Crippen molar-refractivity contribution in [1.82, 2.24) is 10.5 Å². The standard InChI is InChI=1S/C8H12N2O3/c1-4(7(11)9-3)6-5(2)13-10-8(6)12/h4H,1-3H3,(H,9,11)(H,10,12). The Hall–Kier alpha value is -1.52. The van der Waals surface area contributed by atoms with Gasteiger partial charge in [0.2, 0.25) is 5.91 Å². The Kier molecular flexibility index (Phi) is 2.55. The normalized spacial score (nSPS) is 12.5. The van der Waals surface area contributed by atoms with E-state index in [1.165, 1.54) is 7.05 Å². The molecule has 1 aromatic rings. The first kappa shape index (κ1) is 9.57. The van der Waals surface area contributed by atoms with Gasteiger partial charge in [-0.1, -0.05) is 0 Å². The highest BCUT2D eigenvalue weighted by molar-refractivity contribution is 5.82. The zero-order valence-electron chi connectivity index (χ0n) is 7.80. The molecular formula is C8H12N2O3. The molecule has 1 rings (SSSR count). The van der Waals surface area contributed by atoms with E-state index in [0.717, 1.165) is 0 Å². The van der Waals surface area contributed by atoms with E-state index in [9.17, 15) is 9.59 Å². The smallest absolute Gasteiger partial charge is 0.284 e. The van der Waals surface area contributed by atoms with E-state index < -0.39 is 5.92 Å². The van der Waals surface area contributed by atoms with Gasteiger partial charge in [0.1, 0.15) is 5.76 Å². The molecule has 72 valence electrons. The summed E-state index contributed by atoms with van der Waals surface area (Å²) in [5.41, 5.74) is 0.0490. The molecule has 0 bridgehead atoms. The Bertz CT molecular complexity index is 364. The van der Waals surface area contributed by atoms with Crippen LogP contribution in [-0.4, -0.2) is 18.1 Å². The fourth-order valence-corrected chi connectivity index (χ4v) is 1.24. The Labute approximate surface area is 75.1 Å². The van der Waals surface area contributed by atoms with Gasteiger partial charge in [-0.15, -0.1) is 0 Å². The average Bonchev–Trinajstić information content (AvgIpc) is 2.44. The lowest BCUT2D eigenvalue weighted by Gasteiger charge is -2.05. The monoisotopic (exact) mass is 184 g/mol. The third-order valence-electron chi connectivity index (χ3n) is 1.99. The average molecular weight is 184 g/mol. The zero-order valence-corrected chi connectivity index (χ0v) is 7.80. The molecule has 5 nitrogen and oxygen atoms in total. The van der Waals surface area contributed by atoms with E-state index in [1.807, 2.05) is 0 Å². The number of hydrogen-bond acceptors (Lipinski definition) is 3. The molecule has 1 unspecified atom stereocenters. The highest BCUT2D eigenvalue weighted by Gasteiger charge is 2.21. The summed E-state index contributed by atoms with van der Waals surface area (Å²) < 4.78 is 4.79. The summed E-state index contributed by atoms with van der Waals surface area (Å²) in [4.78, 5) is 22.4. The number of H-pyrrole nitrogens is 1. The Morgan fingerprint density at radius 3 is 2.62 bits per heavy atom. The maximum atomic E-state index is 11.2. The van der Waals surface area contributed by atoms with Crippen molar-refractivity contribution in [2.45, 2.75) is 19.8 Å². The highest BCUT2D eigenvalue weighted by Crippen LogP contribution is 2.14. The second-order valence-electron chi connectivity index (χ2n) is 2.84. The van der Waals surface area contributed by atoms with E-state index in [2.05, 4.69) is 10.5 Å². The van der Waals surface area contributed by atoms with Crippen LogP contribution in [0.2, 0.25) is 0 Å². The molecule has 1 heterocycles. The summed E-state index contributed by atoms with van der Waals surface area (Å²) in [5.74, 6) is -0.219. The lowest BCUT2D eigenvalue weighted by atomic mass is 10.0. The van der Waals surface area contributed by atoms with Crippen LogP contribution in [0.4, 0.5) is 0 Å². The molecule has 5 heteroatoms. The van der Waals surface area contributed by atoms with Crippen molar-refractivity contribution in [2.24, 2.45) is 0 Å². The van der Waals surface area contributed by atoms with Crippen molar-refractivity contribution in [3.63, 3.8) is 0 Å². The Morgan fingerprint density at radius 1 is 1.62 bits per heavy atom. The van der Waals surface area contributed by atoms with E-state index in [1.54, 1.807) is 13.8 Å². The maximum absolute atomic E-state index is 11.2. The van der Waals surface area contributed by atoms with Gasteiger partial charge in [0.15, 0.2) is 0 Å². The predicted molar refractivity (Wildman–Crippen MR) is 46.5 cm³/mol. The van der Waals surface area contributed by atoms with E-state index in [4.69, 9.17) is 4.52 Å². The maximum Gasteiger partial charge on any atom is 0.284 e. The van der Waals surface area contributed by atoms with Gasteiger partial charge in [-0.25, -0.2) is 0 Å². The second kappa shape index (κ2) is 3.47. The quantitative estimate of drug-likeness (QED) is 0.685. The van der Waals surface area contributed by atoms with E-state index in [0.29, 0.717) is 11.3 Å². The number of rotatable bonds is 2. The third-order valence-corrected chi connectivity index (χ3v) is 1.99. The molecule has 1 aromatic heterocycles. The summed E-state index contributed by atoms with van der Waals surface area (Å²) in [6, 6.07) is 0. The number of aryl methyl sites for hydroxylation is 1. The number of likely N-dealkylation sites (N-methyl/N-ethyl adjacent to an activating group) is 1. The van der Waals surface area contributed by atoms with E-state index in [-0.39, 0.29) is 11.5 Å². The van der Waals surface area contributed by atoms with Crippen molar-refractivity contribution >= 4 is 5.91 Å². The second-order valence-corrected chi connectivity index (χ2v) is 2.84. The van der Waals surface area contributed by atoms with Gasteiger partial charge >= 0.3 is 0 Å². The minimum Gasteiger partial charge on any atom is -0.384 e. The van der Waals surface area contributed by atoms with Gasteiger partial charge in [-0.05, 0) is 13.8 Å². The summed E-state index contributed by atoms with van der Waals surface area (Å²) in [7, 11) is 1.53. The fourth-order valence-electron chi connectivity index (χ4n) is 1.24. The zero-order chi connectivity index (χ0) is 10.0. The molecule has 0 aliphatic carbocycles. The van der Waals surface area contributed by atoms with Crippen LogP contribution in [0.15, 0.2) is 9.32 Å². The number of hydrogen-bond donors (Lipinski definition) is 2. The topological polar surface area (TPSA) is 75.1 Å². The predicted octanol–water partition coefficient (Wildman–Crippen LogP) is 0.126. The van der Waals surface area contributed by atoms with Gasteiger partial charge in [-0.2, -0.15) is 5.16 Å². The summed E-state index contributed by atoms with van der Waals surface area (Å²) in [6.45, 7) is 3.30. The van der Waals surface area contributed by atoms with Crippen LogP contribution in [0.5, 0.6) is 0 Å². The molecule has 1 atom stereocenters. The summed E-state index contributed by atoms with van der Waals surface area (Å²) in [6.07, 6.45) is 0. The minimum absolute atomic E-state index is 0.199. The molecular weight excluding hydrogens is 172 g/mol. The lowest BCUT2D eigenvalue weighted by molar-refractivity contribution is -0.121. The third kappa shape index (κ3) is 1.63. The molecule has 0 aromatic carbocycles. The Balaban J connectivity index is 3.07. The first-order valence-corrected chi connectivity index (χ1v) is 3.97. The number of carbonyl (C=O) groups is 1. The number of aromatic amines is 1. The Morgan fingerprint density at radius 2 is 2.23 bits per heavy atom. The van der Waals surface area contributed by atoms with Crippen LogP contribution in [0, 0.1) is 6.92 Å². The van der Waals surface area contributed by atoms with Gasteiger partial charge in [0.05, 0.1) is 11.5 Å². The molecule has 0 fully saturated rings. The van der Waals surface area contributed by atoms with Gasteiger partial charge in [0.25, 0.3) is 5.56 Å². The molecule has 0 saturated heterocycles. The van der Waals surface area contributed by atoms with Crippen molar-refractivity contribution in [3.8, 4) is 0 Å². The molecule has 1 amide bonds. The van der Waals surface area contributed by atoms with Crippen molar-refractivity contribution in [2.75, 3.05) is 7.05 Å². The summed E-state index contributed by atoms with van der Waals surface area (Å²) in [5, 5.41) is 4.66. The van der Waals surface area contributed by atoms with Crippen LogP contribution in [0.3, 0.4) is 0 Å². The molecule has 0 aliphatic rings. The first-order chi connectivity index (χ1) is 6.07. The molecule has 0 radical (unpaired) electrons. The van der Waals surface area contributed by atoms with Crippen LogP contribution in [0.1, 0.15) is 24.2 Å². The SMILES string of the molecule is CNC(=O)C(C)c1c(C)o[nH]c1=O. The molecule has 0 aliphatic heterocycles. The van der Waals surface area contributed by atoms with Gasteiger partial charge < -0.3 is 9.84 Å². The number of carbonyl (C=O) groups excluding carboxylic acids is 1. The molecule has 0 saturated carbocycles. The van der Waals surface area contributed by atoms with Crippen LogP contribution in [-0.2, 0) is 4.79 Å². The largest absolute Gasteiger partial charge is 0.384 e. The van der Waals surface area contributed by atoms with Crippen molar-refractivity contribution in [1.29, 1.82) is 0 Å². The minimum atomic E-state index is -0.479. The van der Waals surface area contributed by atoms with Gasteiger partial charge in [0, 0.05) is 7.05 Å². The van der Waals surface area contributed by atoms with Crippen LogP contribution >= 0.6 is 0 Å². The van der Waals surface area contributed by atoms with Crippen LogP contribution in [0.25, 0.3) is 0 Å².